The number of nitrogens with two attached hydrogens (primary N) is 1. The van der Waals surface area contributed by atoms with Crippen LogP contribution >= 0.6 is 0 Å². The van der Waals surface area contributed by atoms with Crippen LogP contribution in [0, 0.1) is 5.82 Å². The van der Waals surface area contributed by atoms with Gasteiger partial charge in [-0.2, -0.15) is 0 Å². The van der Waals surface area contributed by atoms with Crippen LogP contribution in [0.2, 0.25) is 0 Å². The zero-order chi connectivity index (χ0) is 13.1. The van der Waals surface area contributed by atoms with Crippen LogP contribution in [0.15, 0.2) is 30.6 Å². The minimum Gasteiger partial charge on any atom is -0.330 e. The maximum Gasteiger partial charge on any atom is 0.128 e. The quantitative estimate of drug-likeness (QED) is 0.902. The number of nitrogens with zero attached hydrogens (tertiary/aromatic N) is 2. The summed E-state index contributed by atoms with van der Waals surface area (Å²) in [6, 6.07) is 5.01. The van der Waals surface area contributed by atoms with Gasteiger partial charge in [-0.25, -0.2) is 9.37 Å². The molecule has 0 aliphatic carbocycles. The van der Waals surface area contributed by atoms with E-state index in [9.17, 15) is 4.39 Å². The van der Waals surface area contributed by atoms with Crippen LogP contribution in [0.5, 0.6) is 0 Å². The van der Waals surface area contributed by atoms with Crippen molar-refractivity contribution in [2.75, 3.05) is 0 Å². The van der Waals surface area contributed by atoms with Crippen LogP contribution in [0.3, 0.4) is 0 Å². The van der Waals surface area contributed by atoms with Crippen LogP contribution in [0.1, 0.15) is 36.7 Å². The van der Waals surface area contributed by atoms with Gasteiger partial charge in [0.15, 0.2) is 0 Å². The second-order valence-electron chi connectivity index (χ2n) is 4.70. The zero-order valence-electron chi connectivity index (χ0n) is 10.7. The van der Waals surface area contributed by atoms with Gasteiger partial charge in [-0.3, -0.25) is 0 Å². The van der Waals surface area contributed by atoms with Crippen LogP contribution in [-0.4, -0.2) is 9.55 Å². The van der Waals surface area contributed by atoms with E-state index in [4.69, 9.17) is 5.73 Å². The van der Waals surface area contributed by atoms with Gasteiger partial charge >= 0.3 is 0 Å². The fourth-order valence-electron chi connectivity index (χ4n) is 2.01. The lowest BCUT2D eigenvalue weighted by Gasteiger charge is -2.11. The Morgan fingerprint density at radius 3 is 2.83 bits per heavy atom. The molecule has 1 heterocycles. The molecule has 2 N–H and O–H groups in total. The van der Waals surface area contributed by atoms with Gasteiger partial charge in [-0.15, -0.1) is 0 Å². The maximum absolute atomic E-state index is 13.8. The third-order valence-corrected chi connectivity index (χ3v) is 2.95. The molecule has 0 saturated heterocycles. The van der Waals surface area contributed by atoms with E-state index in [0.717, 1.165) is 11.4 Å². The third-order valence-electron chi connectivity index (χ3n) is 2.95. The molecule has 4 heteroatoms. The second kappa shape index (κ2) is 5.31. The minimum atomic E-state index is -0.199. The van der Waals surface area contributed by atoms with E-state index in [-0.39, 0.29) is 5.82 Å². The van der Waals surface area contributed by atoms with Crippen molar-refractivity contribution in [1.82, 2.24) is 9.55 Å². The molecule has 0 radical (unpaired) electrons. The molecule has 1 aromatic heterocycles. The van der Waals surface area contributed by atoms with Crippen LogP contribution in [-0.2, 0) is 13.1 Å². The summed E-state index contributed by atoms with van der Waals surface area (Å²) < 4.78 is 15.7. The number of imidazole rings is 1. The average Bonchev–Trinajstić information content (AvgIpc) is 2.80. The number of aromatic nitrogens is 2. The summed E-state index contributed by atoms with van der Waals surface area (Å²) in [5.41, 5.74) is 7.17. The van der Waals surface area contributed by atoms with Crippen LogP contribution in [0.4, 0.5) is 4.39 Å². The topological polar surface area (TPSA) is 43.8 Å². The average molecular weight is 247 g/mol. The van der Waals surface area contributed by atoms with Gasteiger partial charge in [0.25, 0.3) is 0 Å². The molecule has 2 rings (SSSR count). The molecular weight excluding hydrogens is 229 g/mol. The van der Waals surface area contributed by atoms with Crippen LogP contribution in [0.25, 0.3) is 0 Å². The molecule has 0 atom stereocenters. The molecule has 0 spiro atoms. The summed E-state index contributed by atoms with van der Waals surface area (Å²) >= 11 is 0. The Labute approximate surface area is 106 Å². The molecular formula is C14H18FN3. The van der Waals surface area contributed by atoms with Gasteiger partial charge < -0.3 is 10.3 Å². The highest BCUT2D eigenvalue weighted by Crippen LogP contribution is 2.16. The number of halogens is 1. The number of hydrogen-bond acceptors (Lipinski definition) is 2. The standard InChI is InChI=1S/C14H18FN3/c1-10(2)14-17-5-6-18(14)9-12-7-11(8-16)3-4-13(12)15/h3-7,10H,8-9,16H2,1-2H3. The fourth-order valence-corrected chi connectivity index (χ4v) is 2.01. The molecule has 0 unspecified atom stereocenters. The van der Waals surface area contributed by atoms with Crippen molar-refractivity contribution in [1.29, 1.82) is 0 Å². The summed E-state index contributed by atoms with van der Waals surface area (Å²) in [4.78, 5) is 4.30. The zero-order valence-corrected chi connectivity index (χ0v) is 10.7. The molecule has 0 amide bonds. The van der Waals surface area contributed by atoms with Crippen molar-refractivity contribution in [3.63, 3.8) is 0 Å². The molecule has 0 fully saturated rings. The summed E-state index contributed by atoms with van der Waals surface area (Å²) in [5, 5.41) is 0. The number of rotatable bonds is 4. The fraction of sp³-hybridized carbons (Fsp3) is 0.357. The van der Waals surface area contributed by atoms with Crippen molar-refractivity contribution in [2.45, 2.75) is 32.9 Å². The van der Waals surface area contributed by atoms with Crippen molar-refractivity contribution in [3.05, 3.63) is 53.4 Å². The van der Waals surface area contributed by atoms with Gasteiger partial charge in [0.1, 0.15) is 11.6 Å². The van der Waals surface area contributed by atoms with Gasteiger partial charge in [0, 0.05) is 30.4 Å². The lowest BCUT2D eigenvalue weighted by atomic mass is 10.1. The Kier molecular flexibility index (Phi) is 3.77. The van der Waals surface area contributed by atoms with Gasteiger partial charge in [0.05, 0.1) is 6.54 Å². The normalized spacial score (nSPS) is 11.2. The second-order valence-corrected chi connectivity index (χ2v) is 4.70. The first-order valence-corrected chi connectivity index (χ1v) is 6.10. The third kappa shape index (κ3) is 2.59. The monoisotopic (exact) mass is 247 g/mol. The van der Waals surface area contributed by atoms with Gasteiger partial charge in [0.2, 0.25) is 0 Å². The smallest absolute Gasteiger partial charge is 0.128 e. The predicted octanol–water partition coefficient (Wildman–Crippen LogP) is 2.65. The Morgan fingerprint density at radius 2 is 2.17 bits per heavy atom. The highest BCUT2D eigenvalue weighted by molar-refractivity contribution is 5.25. The van der Waals surface area contributed by atoms with Crippen molar-refractivity contribution < 1.29 is 4.39 Å². The summed E-state index contributed by atoms with van der Waals surface area (Å²) in [6.07, 6.45) is 3.63. The lowest BCUT2D eigenvalue weighted by molar-refractivity contribution is 0.587. The molecule has 0 bridgehead atoms. The Morgan fingerprint density at radius 1 is 1.39 bits per heavy atom. The maximum atomic E-state index is 13.8. The summed E-state index contributed by atoms with van der Waals surface area (Å²) in [6.45, 7) is 5.07. The van der Waals surface area contributed by atoms with E-state index < -0.39 is 0 Å². The molecule has 18 heavy (non-hydrogen) atoms. The van der Waals surface area contributed by atoms with E-state index in [1.165, 1.54) is 6.07 Å². The SMILES string of the molecule is CC(C)c1nccn1Cc1cc(CN)ccc1F. The molecule has 0 aliphatic heterocycles. The van der Waals surface area contributed by atoms with E-state index in [2.05, 4.69) is 18.8 Å². The molecule has 1 aromatic carbocycles. The number of benzene rings is 1. The largest absolute Gasteiger partial charge is 0.330 e. The first-order chi connectivity index (χ1) is 8.61. The van der Waals surface area contributed by atoms with E-state index in [1.807, 2.05) is 16.8 Å². The van der Waals surface area contributed by atoms with Crippen molar-refractivity contribution in [2.24, 2.45) is 5.73 Å². The number of hydrogen-bond donors (Lipinski definition) is 1. The highest BCUT2D eigenvalue weighted by atomic mass is 19.1. The molecule has 0 saturated carbocycles. The van der Waals surface area contributed by atoms with Gasteiger partial charge in [-0.1, -0.05) is 19.9 Å². The molecule has 3 nitrogen and oxygen atoms in total. The predicted molar refractivity (Wildman–Crippen MR) is 69.7 cm³/mol. The molecule has 2 aromatic rings. The van der Waals surface area contributed by atoms with Crippen molar-refractivity contribution in [3.8, 4) is 0 Å². The van der Waals surface area contributed by atoms with Gasteiger partial charge in [-0.05, 0) is 17.7 Å². The van der Waals surface area contributed by atoms with E-state index >= 15 is 0 Å². The first-order valence-electron chi connectivity index (χ1n) is 6.10. The van der Waals surface area contributed by atoms with Crippen molar-refractivity contribution >= 4 is 0 Å². The molecule has 0 aliphatic rings. The summed E-state index contributed by atoms with van der Waals surface area (Å²) in [7, 11) is 0. The Hall–Kier alpha value is -1.68. The van der Waals surface area contributed by atoms with Crippen LogP contribution < -0.4 is 5.73 Å². The highest BCUT2D eigenvalue weighted by Gasteiger charge is 2.10. The lowest BCUT2D eigenvalue weighted by Crippen LogP contribution is -2.08. The first kappa shape index (κ1) is 12.8. The minimum absolute atomic E-state index is 0.199. The van der Waals surface area contributed by atoms with E-state index in [1.54, 1.807) is 12.3 Å². The Balaban J connectivity index is 2.30. The Bertz CT molecular complexity index is 532. The summed E-state index contributed by atoms with van der Waals surface area (Å²) in [5.74, 6) is 1.09. The molecule has 96 valence electrons. The van der Waals surface area contributed by atoms with E-state index in [0.29, 0.717) is 24.6 Å².